The number of halogens is 5. The SMILES string of the molecule is CCOc1ccc(Cc2cc3cc(N(C)C(=O)c4cc(F)ccc4F)cnc3n2CC2CCOCC2)cc1.CCOc1ccc(Cc2cc3cc(NC)cnc3n2CC2CCOCC2)cc1.O=C(Cl)c1cc(F)ccc1F. The van der Waals surface area contributed by atoms with Crippen LogP contribution < -0.4 is 19.7 Å². The molecule has 1 N–H and O–H groups in total. The molecule has 0 saturated carbocycles. The van der Waals surface area contributed by atoms with E-state index in [9.17, 15) is 27.2 Å². The van der Waals surface area contributed by atoms with Crippen LogP contribution in [0.3, 0.4) is 0 Å². The van der Waals surface area contributed by atoms with Gasteiger partial charge in [-0.05, 0) is 159 Å². The number of amides is 1. The van der Waals surface area contributed by atoms with Crippen LogP contribution in [0.4, 0.5) is 28.9 Å². The third kappa shape index (κ3) is 14.6. The second kappa shape index (κ2) is 26.7. The van der Waals surface area contributed by atoms with Crippen LogP contribution in [0.5, 0.6) is 11.5 Å². The molecule has 0 aliphatic carbocycles. The Bertz CT molecular complexity index is 3270. The standard InChI is InChI=1S/C30H31F2N3O3.C23H29N3O2.C7H3ClF2O/c1-3-38-26-7-4-20(5-8-26)14-24-15-22-16-25(34(2)30(36)27-17-23(31)6-9-28(27)32)18-33-29(22)35(24)19-21-10-12-37-13-11-21;1-3-28-22-6-4-17(5-7-22)12-21-14-19-13-20(24-2)15-25-23(19)26(21)16-18-8-10-27-11-9-18;8-7(11)5-3-4(9)1-2-6(5)10/h4-9,15-18,21H,3,10-14,19H2,1-2H3;4-7,13-15,18,24H,3,8-12,16H2,1-2H3;1-3H. The molecule has 0 spiro atoms. The summed E-state index contributed by atoms with van der Waals surface area (Å²) in [5.41, 5.74) is 7.56. The van der Waals surface area contributed by atoms with E-state index in [-0.39, 0.29) is 5.56 Å². The van der Waals surface area contributed by atoms with Crippen molar-refractivity contribution < 1.29 is 46.1 Å². The summed E-state index contributed by atoms with van der Waals surface area (Å²) < 4.78 is 79.8. The number of carbonyl (C=O) groups excluding carboxylic acids is 2. The number of nitrogens with zero attached hydrogens (tertiary/aromatic N) is 5. The first kappa shape index (κ1) is 55.9. The van der Waals surface area contributed by atoms with Gasteiger partial charge < -0.3 is 38.3 Å². The van der Waals surface area contributed by atoms with Gasteiger partial charge in [0.25, 0.3) is 11.1 Å². The number of pyridine rings is 2. The van der Waals surface area contributed by atoms with Gasteiger partial charge in [-0.25, -0.2) is 27.5 Å². The number of anilines is 2. The lowest BCUT2D eigenvalue weighted by molar-refractivity contribution is 0.0613. The molecule has 2 aliphatic heterocycles. The highest BCUT2D eigenvalue weighted by Crippen LogP contribution is 2.31. The molecule has 2 saturated heterocycles. The third-order valence-electron chi connectivity index (χ3n) is 13.7. The van der Waals surface area contributed by atoms with Gasteiger partial charge in [-0.15, -0.1) is 0 Å². The van der Waals surface area contributed by atoms with Crippen molar-refractivity contribution in [2.24, 2.45) is 11.8 Å². The molecule has 12 nitrogen and oxygen atoms in total. The highest BCUT2D eigenvalue weighted by molar-refractivity contribution is 6.67. The van der Waals surface area contributed by atoms with Crippen LogP contribution in [0.2, 0.25) is 0 Å². The van der Waals surface area contributed by atoms with Crippen LogP contribution in [0, 0.1) is 35.1 Å². The lowest BCUT2D eigenvalue weighted by Crippen LogP contribution is -2.27. The number of ether oxygens (including phenoxy) is 4. The van der Waals surface area contributed by atoms with E-state index in [4.69, 9.17) is 40.5 Å². The monoisotopic (exact) mass is 1070 g/mol. The van der Waals surface area contributed by atoms with Gasteiger partial charge in [0, 0.05) is 88.6 Å². The maximum absolute atomic E-state index is 14.3. The summed E-state index contributed by atoms with van der Waals surface area (Å²) in [5, 5.41) is 4.28. The van der Waals surface area contributed by atoms with E-state index in [1.807, 2.05) is 45.3 Å². The van der Waals surface area contributed by atoms with E-state index >= 15 is 0 Å². The van der Waals surface area contributed by atoms with Crippen LogP contribution >= 0.6 is 11.6 Å². The van der Waals surface area contributed by atoms with E-state index in [0.29, 0.717) is 37.2 Å². The van der Waals surface area contributed by atoms with Crippen molar-refractivity contribution in [3.05, 3.63) is 178 Å². The van der Waals surface area contributed by atoms with Crippen molar-refractivity contribution in [1.82, 2.24) is 19.1 Å². The zero-order valence-corrected chi connectivity index (χ0v) is 44.4. The van der Waals surface area contributed by atoms with Gasteiger partial charge in [-0.2, -0.15) is 0 Å². The Morgan fingerprint density at radius 3 is 1.55 bits per heavy atom. The minimum Gasteiger partial charge on any atom is -0.494 e. The molecule has 2 fully saturated rings. The molecule has 10 rings (SSSR count). The fraction of sp³-hybridized carbons (Fsp3) is 0.333. The summed E-state index contributed by atoms with van der Waals surface area (Å²) in [6, 6.07) is 30.4. The van der Waals surface area contributed by atoms with Crippen LogP contribution in [0.1, 0.15) is 82.8 Å². The summed E-state index contributed by atoms with van der Waals surface area (Å²) >= 11 is 4.93. The molecule has 6 heterocycles. The molecule has 1 amide bonds. The topological polar surface area (TPSA) is 122 Å². The first-order valence-corrected chi connectivity index (χ1v) is 26.3. The Morgan fingerprint density at radius 2 is 1.09 bits per heavy atom. The van der Waals surface area contributed by atoms with E-state index in [2.05, 4.69) is 69.0 Å². The quantitative estimate of drug-likeness (QED) is 0.0744. The Hall–Kier alpha value is -7.27. The molecule has 4 aromatic heterocycles. The molecule has 17 heteroatoms. The van der Waals surface area contributed by atoms with E-state index < -0.39 is 40.0 Å². The van der Waals surface area contributed by atoms with Gasteiger partial charge >= 0.3 is 0 Å². The van der Waals surface area contributed by atoms with Crippen molar-refractivity contribution in [2.45, 2.75) is 65.5 Å². The third-order valence-corrected chi connectivity index (χ3v) is 13.9. The summed E-state index contributed by atoms with van der Waals surface area (Å²) in [6.45, 7) is 10.4. The number of hydrogen-bond acceptors (Lipinski definition) is 9. The zero-order valence-electron chi connectivity index (χ0n) is 43.7. The van der Waals surface area contributed by atoms with Crippen molar-refractivity contribution in [1.29, 1.82) is 0 Å². The molecule has 0 atom stereocenters. The minimum absolute atomic E-state index is 0.319. The number of hydrogen-bond donors (Lipinski definition) is 1. The fourth-order valence-electron chi connectivity index (χ4n) is 9.55. The number of aromatic nitrogens is 4. The van der Waals surface area contributed by atoms with E-state index in [0.717, 1.165) is 153 Å². The molecule has 4 aromatic carbocycles. The van der Waals surface area contributed by atoms with E-state index in [1.54, 1.807) is 6.20 Å². The number of carbonyl (C=O) groups is 2. The van der Waals surface area contributed by atoms with Crippen molar-refractivity contribution in [3.63, 3.8) is 0 Å². The first-order chi connectivity index (χ1) is 37.3. The number of nitrogens with one attached hydrogen (secondary N) is 1. The van der Waals surface area contributed by atoms with Gasteiger partial charge in [-0.1, -0.05) is 24.3 Å². The fourth-order valence-corrected chi connectivity index (χ4v) is 9.69. The average Bonchev–Trinajstić information content (AvgIpc) is 3.99. The smallest absolute Gasteiger partial charge is 0.261 e. The number of rotatable bonds is 16. The minimum atomic E-state index is -0.998. The number of benzene rings is 4. The molecule has 8 aromatic rings. The lowest BCUT2D eigenvalue weighted by Gasteiger charge is -2.24. The molecule has 0 radical (unpaired) electrons. The van der Waals surface area contributed by atoms with Crippen LogP contribution in [-0.4, -0.2) is 84.0 Å². The summed E-state index contributed by atoms with van der Waals surface area (Å²) in [4.78, 5) is 34.1. The van der Waals surface area contributed by atoms with Gasteiger partial charge in [0.1, 0.15) is 46.1 Å². The molecule has 0 unspecified atom stereocenters. The normalized spacial score (nSPS) is 13.8. The van der Waals surface area contributed by atoms with Crippen LogP contribution in [0.15, 0.2) is 122 Å². The Labute approximate surface area is 450 Å². The predicted molar refractivity (Wildman–Crippen MR) is 293 cm³/mol. The lowest BCUT2D eigenvalue weighted by atomic mass is 10.00. The first-order valence-electron chi connectivity index (χ1n) is 25.9. The molecule has 2 aliphatic rings. The molecular formula is C60H63ClF4N6O6. The van der Waals surface area contributed by atoms with Gasteiger partial charge in [0.05, 0.1) is 48.1 Å². The van der Waals surface area contributed by atoms with Crippen molar-refractivity contribution >= 4 is 56.2 Å². The van der Waals surface area contributed by atoms with E-state index in [1.165, 1.54) is 28.6 Å². The molecule has 404 valence electrons. The predicted octanol–water partition coefficient (Wildman–Crippen LogP) is 12.8. The zero-order chi connectivity index (χ0) is 54.4. The summed E-state index contributed by atoms with van der Waals surface area (Å²) in [7, 11) is 3.47. The number of fused-ring (bicyclic) bond motifs is 2. The second-order valence-electron chi connectivity index (χ2n) is 19.0. The average molecular weight is 1080 g/mol. The Kier molecular flexibility index (Phi) is 19.4. The largest absolute Gasteiger partial charge is 0.494 e. The molecular weight excluding hydrogens is 1010 g/mol. The molecule has 0 bridgehead atoms. The van der Waals surface area contributed by atoms with Crippen molar-refractivity contribution in [3.8, 4) is 11.5 Å². The van der Waals surface area contributed by atoms with Crippen molar-refractivity contribution in [2.75, 3.05) is 64.0 Å². The molecule has 77 heavy (non-hydrogen) atoms. The van der Waals surface area contributed by atoms with Gasteiger partial charge in [0.2, 0.25) is 0 Å². The maximum atomic E-state index is 14.3. The Balaban J connectivity index is 0.000000175. The second-order valence-corrected chi connectivity index (χ2v) is 19.3. The van der Waals surface area contributed by atoms with Gasteiger partial charge in [-0.3, -0.25) is 9.59 Å². The summed E-state index contributed by atoms with van der Waals surface area (Å²) in [5.74, 6) is -0.670. The summed E-state index contributed by atoms with van der Waals surface area (Å²) in [6.07, 6.45) is 9.37. The van der Waals surface area contributed by atoms with Crippen LogP contribution in [0.25, 0.3) is 22.1 Å². The van der Waals surface area contributed by atoms with Crippen LogP contribution in [-0.2, 0) is 35.4 Å². The highest BCUT2D eigenvalue weighted by atomic mass is 35.5. The highest BCUT2D eigenvalue weighted by Gasteiger charge is 2.23. The maximum Gasteiger partial charge on any atom is 0.261 e. The van der Waals surface area contributed by atoms with Gasteiger partial charge in [0.15, 0.2) is 0 Å². The Morgan fingerprint density at radius 1 is 0.636 bits per heavy atom.